The van der Waals surface area contributed by atoms with Crippen LogP contribution in [0.4, 0.5) is 11.5 Å². The SMILES string of the molecule is Cc1[nH]c(=O)sc1S(=O)(=O)Nc1ccc(N)nc1. The molecule has 0 unspecified atom stereocenters. The molecule has 2 aromatic rings. The fraction of sp³-hybridized carbons (Fsp3) is 0.111. The van der Waals surface area contributed by atoms with E-state index in [0.29, 0.717) is 22.8 Å². The molecule has 0 aromatic carbocycles. The van der Waals surface area contributed by atoms with Gasteiger partial charge < -0.3 is 10.7 Å². The number of aromatic nitrogens is 2. The number of hydrogen-bond acceptors (Lipinski definition) is 6. The number of aromatic amines is 1. The summed E-state index contributed by atoms with van der Waals surface area (Å²) in [7, 11) is -3.78. The Bertz CT molecular complexity index is 715. The topological polar surface area (TPSA) is 118 Å². The van der Waals surface area contributed by atoms with Gasteiger partial charge in [0.25, 0.3) is 10.0 Å². The Morgan fingerprint density at radius 3 is 2.67 bits per heavy atom. The number of sulfonamides is 1. The average molecular weight is 286 g/mol. The highest BCUT2D eigenvalue weighted by Crippen LogP contribution is 2.20. The van der Waals surface area contributed by atoms with Crippen LogP contribution in [0.25, 0.3) is 0 Å². The maximum Gasteiger partial charge on any atom is 0.306 e. The van der Waals surface area contributed by atoms with Gasteiger partial charge in [-0.3, -0.25) is 9.52 Å². The predicted octanol–water partition coefficient (Wildman–Crippen LogP) is 0.523. The van der Waals surface area contributed by atoms with Crippen LogP contribution >= 0.6 is 11.3 Å². The van der Waals surface area contributed by atoms with E-state index in [2.05, 4.69) is 14.7 Å². The van der Waals surface area contributed by atoms with E-state index in [1.165, 1.54) is 25.3 Å². The molecular formula is C9H10N4O3S2. The van der Waals surface area contributed by atoms with Crippen molar-refractivity contribution in [3.8, 4) is 0 Å². The third-order valence-corrected chi connectivity index (χ3v) is 5.05. The number of H-pyrrole nitrogens is 1. The first-order valence-electron chi connectivity index (χ1n) is 4.82. The second-order valence-electron chi connectivity index (χ2n) is 3.50. The van der Waals surface area contributed by atoms with Gasteiger partial charge in [-0.15, -0.1) is 0 Å². The van der Waals surface area contributed by atoms with Crippen LogP contribution in [-0.4, -0.2) is 18.4 Å². The number of nitrogens with one attached hydrogen (secondary N) is 2. The molecule has 0 aliphatic heterocycles. The molecule has 0 radical (unpaired) electrons. The lowest BCUT2D eigenvalue weighted by Gasteiger charge is -2.06. The van der Waals surface area contributed by atoms with Crippen molar-refractivity contribution in [3.63, 3.8) is 0 Å². The highest BCUT2D eigenvalue weighted by molar-refractivity contribution is 7.94. The van der Waals surface area contributed by atoms with Gasteiger partial charge >= 0.3 is 4.87 Å². The molecule has 4 N–H and O–H groups in total. The summed E-state index contributed by atoms with van der Waals surface area (Å²) >= 11 is 0.637. The molecule has 2 aromatic heterocycles. The van der Waals surface area contributed by atoms with Crippen LogP contribution in [0.3, 0.4) is 0 Å². The number of nitrogen functional groups attached to an aromatic ring is 1. The van der Waals surface area contributed by atoms with Crippen molar-refractivity contribution in [2.24, 2.45) is 0 Å². The van der Waals surface area contributed by atoms with E-state index in [1.807, 2.05) is 0 Å². The third-order valence-electron chi connectivity index (χ3n) is 2.06. The molecule has 2 rings (SSSR count). The first-order chi connectivity index (χ1) is 8.38. The summed E-state index contributed by atoms with van der Waals surface area (Å²) in [5.41, 5.74) is 5.98. The Balaban J connectivity index is 2.36. The summed E-state index contributed by atoms with van der Waals surface area (Å²) in [6.07, 6.45) is 1.30. The lowest BCUT2D eigenvalue weighted by molar-refractivity contribution is 0.602. The van der Waals surface area contributed by atoms with E-state index in [0.717, 1.165) is 0 Å². The van der Waals surface area contributed by atoms with Crippen molar-refractivity contribution in [2.45, 2.75) is 11.1 Å². The molecule has 0 saturated carbocycles. The van der Waals surface area contributed by atoms with E-state index in [-0.39, 0.29) is 9.90 Å². The fourth-order valence-corrected chi connectivity index (χ4v) is 3.66. The Kier molecular flexibility index (Phi) is 3.09. The summed E-state index contributed by atoms with van der Waals surface area (Å²) < 4.78 is 26.3. The molecular weight excluding hydrogens is 276 g/mol. The summed E-state index contributed by atoms with van der Waals surface area (Å²) in [4.78, 5) is 16.9. The Morgan fingerprint density at radius 2 is 2.17 bits per heavy atom. The fourth-order valence-electron chi connectivity index (χ4n) is 1.31. The van der Waals surface area contributed by atoms with E-state index in [4.69, 9.17) is 5.73 Å². The Labute approximate surface area is 107 Å². The number of thiazole rings is 1. The van der Waals surface area contributed by atoms with Gasteiger partial charge in [0.2, 0.25) is 0 Å². The highest BCUT2D eigenvalue weighted by Gasteiger charge is 2.20. The number of nitrogens with zero attached hydrogens (tertiary/aromatic N) is 1. The Morgan fingerprint density at radius 1 is 1.44 bits per heavy atom. The van der Waals surface area contributed by atoms with Crippen LogP contribution < -0.4 is 15.3 Å². The Hall–Kier alpha value is -1.87. The van der Waals surface area contributed by atoms with Crippen molar-refractivity contribution >= 4 is 32.9 Å². The van der Waals surface area contributed by atoms with Gasteiger partial charge in [0.1, 0.15) is 5.82 Å². The van der Waals surface area contributed by atoms with Crippen LogP contribution in [0.5, 0.6) is 0 Å². The van der Waals surface area contributed by atoms with Crippen molar-refractivity contribution < 1.29 is 8.42 Å². The van der Waals surface area contributed by atoms with E-state index >= 15 is 0 Å². The molecule has 0 spiro atoms. The van der Waals surface area contributed by atoms with Crippen molar-refractivity contribution in [3.05, 3.63) is 33.7 Å². The highest BCUT2D eigenvalue weighted by atomic mass is 32.2. The summed E-state index contributed by atoms with van der Waals surface area (Å²) in [5, 5.41) is 0. The van der Waals surface area contributed by atoms with Crippen LogP contribution in [-0.2, 0) is 10.0 Å². The van der Waals surface area contributed by atoms with Crippen LogP contribution in [0.1, 0.15) is 5.69 Å². The van der Waals surface area contributed by atoms with E-state index < -0.39 is 14.9 Å². The summed E-state index contributed by atoms with van der Waals surface area (Å²) in [5.74, 6) is 0.292. The lowest BCUT2D eigenvalue weighted by atomic mass is 10.4. The zero-order valence-electron chi connectivity index (χ0n) is 9.30. The second kappa shape index (κ2) is 4.42. The number of anilines is 2. The molecule has 0 bridgehead atoms. The van der Waals surface area contributed by atoms with E-state index in [1.54, 1.807) is 0 Å². The first-order valence-corrected chi connectivity index (χ1v) is 7.12. The average Bonchev–Trinajstić information content (AvgIpc) is 2.62. The van der Waals surface area contributed by atoms with Gasteiger partial charge in [-0.25, -0.2) is 13.4 Å². The molecule has 9 heteroatoms. The summed E-state index contributed by atoms with van der Waals surface area (Å²) in [6.45, 7) is 1.52. The molecule has 96 valence electrons. The largest absolute Gasteiger partial charge is 0.384 e. The number of rotatable bonds is 3. The standard InChI is InChI=1S/C9H10N4O3S2/c1-5-8(17-9(14)12-5)18(15,16)13-6-2-3-7(10)11-4-6/h2-4,13H,1H3,(H2,10,11)(H,12,14). The van der Waals surface area contributed by atoms with Crippen LogP contribution in [0.15, 0.2) is 27.3 Å². The molecule has 0 fully saturated rings. The number of nitrogens with two attached hydrogens (primary N) is 1. The quantitative estimate of drug-likeness (QED) is 0.760. The first kappa shape index (κ1) is 12.6. The van der Waals surface area contributed by atoms with Gasteiger partial charge in [-0.2, -0.15) is 0 Å². The normalized spacial score (nSPS) is 11.4. The van der Waals surface area contributed by atoms with Crippen molar-refractivity contribution in [1.29, 1.82) is 0 Å². The van der Waals surface area contributed by atoms with Crippen molar-refractivity contribution in [2.75, 3.05) is 10.5 Å². The molecule has 0 aliphatic carbocycles. The lowest BCUT2D eigenvalue weighted by Crippen LogP contribution is -2.13. The molecule has 7 nitrogen and oxygen atoms in total. The minimum absolute atomic E-state index is 0.0377. The van der Waals surface area contributed by atoms with Gasteiger partial charge in [-0.05, 0) is 19.1 Å². The zero-order valence-corrected chi connectivity index (χ0v) is 10.9. The second-order valence-corrected chi connectivity index (χ2v) is 6.37. The van der Waals surface area contributed by atoms with Gasteiger partial charge in [0.05, 0.1) is 11.9 Å². The predicted molar refractivity (Wildman–Crippen MR) is 69.1 cm³/mol. The molecule has 18 heavy (non-hydrogen) atoms. The molecule has 0 atom stereocenters. The smallest absolute Gasteiger partial charge is 0.306 e. The molecule has 2 heterocycles. The van der Waals surface area contributed by atoms with Crippen LogP contribution in [0, 0.1) is 6.92 Å². The summed E-state index contributed by atoms with van der Waals surface area (Å²) in [6, 6.07) is 2.97. The number of hydrogen-bond donors (Lipinski definition) is 3. The van der Waals surface area contributed by atoms with Crippen molar-refractivity contribution in [1.82, 2.24) is 9.97 Å². The molecule has 0 saturated heterocycles. The molecule has 0 aliphatic rings. The zero-order chi connectivity index (χ0) is 13.3. The maximum absolute atomic E-state index is 12.0. The van der Waals surface area contributed by atoms with Gasteiger partial charge in [0.15, 0.2) is 4.21 Å². The van der Waals surface area contributed by atoms with E-state index in [9.17, 15) is 13.2 Å². The maximum atomic E-state index is 12.0. The minimum atomic E-state index is -3.78. The minimum Gasteiger partial charge on any atom is -0.384 e. The van der Waals surface area contributed by atoms with Crippen LogP contribution in [0.2, 0.25) is 0 Å². The third kappa shape index (κ3) is 2.51. The molecule has 0 amide bonds. The van der Waals surface area contributed by atoms with Gasteiger partial charge in [0, 0.05) is 5.69 Å². The number of pyridine rings is 1. The number of aryl methyl sites for hydroxylation is 1. The van der Waals surface area contributed by atoms with Gasteiger partial charge in [-0.1, -0.05) is 11.3 Å². The monoisotopic (exact) mass is 286 g/mol.